The first kappa shape index (κ1) is 14.2. The Kier molecular flexibility index (Phi) is 6.20. The Balaban J connectivity index is 2.58. The first-order valence-electron chi connectivity index (χ1n) is 6.57. The molecule has 0 amide bonds. The van der Waals surface area contributed by atoms with Crippen LogP contribution in [0.15, 0.2) is 24.3 Å². The molecule has 0 aliphatic heterocycles. The molecule has 0 radical (unpaired) electrons. The van der Waals surface area contributed by atoms with Crippen molar-refractivity contribution in [3.8, 4) is 0 Å². The van der Waals surface area contributed by atoms with E-state index in [1.807, 2.05) is 6.07 Å². The van der Waals surface area contributed by atoms with Crippen molar-refractivity contribution in [3.05, 3.63) is 35.6 Å². The average molecular weight is 237 g/mol. The van der Waals surface area contributed by atoms with Crippen LogP contribution >= 0.6 is 0 Å². The van der Waals surface area contributed by atoms with E-state index in [-0.39, 0.29) is 5.82 Å². The smallest absolute Gasteiger partial charge is 0.123 e. The van der Waals surface area contributed by atoms with Gasteiger partial charge in [-0.2, -0.15) is 0 Å². The van der Waals surface area contributed by atoms with E-state index in [1.54, 1.807) is 12.1 Å². The Labute approximate surface area is 104 Å². The van der Waals surface area contributed by atoms with Crippen LogP contribution in [0.25, 0.3) is 0 Å². The van der Waals surface area contributed by atoms with Crippen LogP contribution in [0.4, 0.5) is 4.39 Å². The minimum absolute atomic E-state index is 0.130. The summed E-state index contributed by atoms with van der Waals surface area (Å²) in [6, 6.07) is 6.97. The molecule has 1 N–H and O–H groups in total. The summed E-state index contributed by atoms with van der Waals surface area (Å²) in [7, 11) is 0. The highest BCUT2D eigenvalue weighted by molar-refractivity contribution is 5.16. The van der Waals surface area contributed by atoms with Crippen LogP contribution in [0.5, 0.6) is 0 Å². The maximum Gasteiger partial charge on any atom is 0.123 e. The molecule has 2 heteroatoms. The van der Waals surface area contributed by atoms with E-state index in [0.717, 1.165) is 25.1 Å². The van der Waals surface area contributed by atoms with Crippen LogP contribution in [0, 0.1) is 17.7 Å². The van der Waals surface area contributed by atoms with Crippen LogP contribution in [0.1, 0.15) is 32.8 Å². The SMILES string of the molecule is CCNCC(Cc1cccc(F)c1)CC(C)C. The lowest BCUT2D eigenvalue weighted by atomic mass is 9.91. The van der Waals surface area contributed by atoms with Crippen molar-refractivity contribution in [1.29, 1.82) is 0 Å². The lowest BCUT2D eigenvalue weighted by molar-refractivity contribution is 0.388. The first-order chi connectivity index (χ1) is 8.11. The molecular formula is C15H24FN. The largest absolute Gasteiger partial charge is 0.317 e. The fourth-order valence-electron chi connectivity index (χ4n) is 2.25. The molecular weight excluding hydrogens is 213 g/mol. The Bertz CT molecular complexity index is 322. The molecule has 0 aromatic heterocycles. The lowest BCUT2D eigenvalue weighted by Gasteiger charge is -2.19. The van der Waals surface area contributed by atoms with Gasteiger partial charge in [-0.05, 0) is 55.5 Å². The monoisotopic (exact) mass is 237 g/mol. The molecule has 0 saturated heterocycles. The van der Waals surface area contributed by atoms with Crippen molar-refractivity contribution in [2.24, 2.45) is 11.8 Å². The van der Waals surface area contributed by atoms with Gasteiger partial charge < -0.3 is 5.32 Å². The number of benzene rings is 1. The van der Waals surface area contributed by atoms with Crippen molar-refractivity contribution >= 4 is 0 Å². The highest BCUT2D eigenvalue weighted by atomic mass is 19.1. The molecule has 1 nitrogen and oxygen atoms in total. The van der Waals surface area contributed by atoms with E-state index in [9.17, 15) is 4.39 Å². The Morgan fingerprint density at radius 2 is 2.06 bits per heavy atom. The van der Waals surface area contributed by atoms with Gasteiger partial charge in [-0.15, -0.1) is 0 Å². The third kappa shape index (κ3) is 5.83. The van der Waals surface area contributed by atoms with Crippen LogP contribution in [-0.2, 0) is 6.42 Å². The Hall–Kier alpha value is -0.890. The van der Waals surface area contributed by atoms with Gasteiger partial charge in [-0.25, -0.2) is 4.39 Å². The number of rotatable bonds is 7. The number of hydrogen-bond donors (Lipinski definition) is 1. The summed E-state index contributed by atoms with van der Waals surface area (Å²) in [4.78, 5) is 0. The molecule has 96 valence electrons. The summed E-state index contributed by atoms with van der Waals surface area (Å²) in [5, 5.41) is 3.39. The predicted molar refractivity (Wildman–Crippen MR) is 71.6 cm³/mol. The van der Waals surface area contributed by atoms with Crippen molar-refractivity contribution in [1.82, 2.24) is 5.32 Å². The molecule has 0 spiro atoms. The molecule has 1 aromatic rings. The molecule has 17 heavy (non-hydrogen) atoms. The van der Waals surface area contributed by atoms with Gasteiger partial charge in [0.15, 0.2) is 0 Å². The highest BCUT2D eigenvalue weighted by Gasteiger charge is 2.11. The fraction of sp³-hybridized carbons (Fsp3) is 0.600. The molecule has 1 unspecified atom stereocenters. The van der Waals surface area contributed by atoms with Crippen LogP contribution < -0.4 is 5.32 Å². The van der Waals surface area contributed by atoms with E-state index in [4.69, 9.17) is 0 Å². The van der Waals surface area contributed by atoms with Gasteiger partial charge in [0.1, 0.15) is 5.82 Å². The molecule has 0 saturated carbocycles. The van der Waals surface area contributed by atoms with Crippen molar-refractivity contribution < 1.29 is 4.39 Å². The summed E-state index contributed by atoms with van der Waals surface area (Å²) in [6.45, 7) is 8.62. The minimum atomic E-state index is -0.130. The van der Waals surface area contributed by atoms with Gasteiger partial charge in [0, 0.05) is 0 Å². The summed E-state index contributed by atoms with van der Waals surface area (Å²) < 4.78 is 13.1. The third-order valence-corrected chi connectivity index (χ3v) is 2.90. The molecule has 0 fully saturated rings. The van der Waals surface area contributed by atoms with Crippen molar-refractivity contribution in [2.45, 2.75) is 33.6 Å². The van der Waals surface area contributed by atoms with Crippen LogP contribution in [-0.4, -0.2) is 13.1 Å². The Morgan fingerprint density at radius 1 is 1.29 bits per heavy atom. The van der Waals surface area contributed by atoms with E-state index in [1.165, 1.54) is 12.5 Å². The highest BCUT2D eigenvalue weighted by Crippen LogP contribution is 2.17. The normalized spacial score (nSPS) is 13.0. The lowest BCUT2D eigenvalue weighted by Crippen LogP contribution is -2.25. The van der Waals surface area contributed by atoms with Gasteiger partial charge in [0.2, 0.25) is 0 Å². The maximum absolute atomic E-state index is 13.1. The van der Waals surface area contributed by atoms with E-state index in [2.05, 4.69) is 26.1 Å². The van der Waals surface area contributed by atoms with Crippen molar-refractivity contribution in [2.75, 3.05) is 13.1 Å². The van der Waals surface area contributed by atoms with Crippen molar-refractivity contribution in [3.63, 3.8) is 0 Å². The summed E-state index contributed by atoms with van der Waals surface area (Å²) in [5.41, 5.74) is 1.11. The molecule has 0 bridgehead atoms. The van der Waals surface area contributed by atoms with E-state index < -0.39 is 0 Å². The molecule has 1 rings (SSSR count). The van der Waals surface area contributed by atoms with Crippen LogP contribution in [0.3, 0.4) is 0 Å². The molecule has 0 aliphatic rings. The fourth-order valence-corrected chi connectivity index (χ4v) is 2.25. The van der Waals surface area contributed by atoms with E-state index in [0.29, 0.717) is 11.8 Å². The zero-order valence-corrected chi connectivity index (χ0v) is 11.2. The van der Waals surface area contributed by atoms with Gasteiger partial charge in [0.25, 0.3) is 0 Å². The summed E-state index contributed by atoms with van der Waals surface area (Å²) in [6.07, 6.45) is 2.15. The maximum atomic E-state index is 13.1. The van der Waals surface area contributed by atoms with Crippen LogP contribution in [0.2, 0.25) is 0 Å². The van der Waals surface area contributed by atoms with Gasteiger partial charge in [0.05, 0.1) is 0 Å². The summed E-state index contributed by atoms with van der Waals surface area (Å²) >= 11 is 0. The second kappa shape index (κ2) is 7.44. The second-order valence-corrected chi connectivity index (χ2v) is 5.14. The minimum Gasteiger partial charge on any atom is -0.317 e. The van der Waals surface area contributed by atoms with Gasteiger partial charge >= 0.3 is 0 Å². The average Bonchev–Trinajstić information content (AvgIpc) is 2.25. The third-order valence-electron chi connectivity index (χ3n) is 2.90. The number of nitrogens with one attached hydrogen (secondary N) is 1. The molecule has 1 aromatic carbocycles. The standard InChI is InChI=1S/C15H24FN/c1-4-17-11-14(8-12(2)3)9-13-6-5-7-15(16)10-13/h5-7,10,12,14,17H,4,8-9,11H2,1-3H3. The number of hydrogen-bond acceptors (Lipinski definition) is 1. The quantitative estimate of drug-likeness (QED) is 0.763. The Morgan fingerprint density at radius 3 is 2.65 bits per heavy atom. The summed E-state index contributed by atoms with van der Waals surface area (Å²) in [5.74, 6) is 1.15. The number of halogens is 1. The molecule has 0 aliphatic carbocycles. The zero-order chi connectivity index (χ0) is 12.7. The first-order valence-corrected chi connectivity index (χ1v) is 6.57. The molecule has 0 heterocycles. The topological polar surface area (TPSA) is 12.0 Å². The predicted octanol–water partition coefficient (Wildman–Crippen LogP) is 3.64. The zero-order valence-electron chi connectivity index (χ0n) is 11.2. The van der Waals surface area contributed by atoms with Gasteiger partial charge in [-0.3, -0.25) is 0 Å². The molecule has 1 atom stereocenters. The van der Waals surface area contributed by atoms with E-state index >= 15 is 0 Å². The second-order valence-electron chi connectivity index (χ2n) is 5.14. The van der Waals surface area contributed by atoms with Gasteiger partial charge in [-0.1, -0.05) is 32.9 Å².